The zero-order chi connectivity index (χ0) is 23.5. The van der Waals surface area contributed by atoms with Crippen LogP contribution in [0.2, 0.25) is 5.15 Å². The number of anilines is 3. The third-order valence-corrected chi connectivity index (χ3v) is 5.93. The molecule has 4 aromatic rings. The van der Waals surface area contributed by atoms with Gasteiger partial charge in [-0.15, -0.1) is 0 Å². The van der Waals surface area contributed by atoms with E-state index in [4.69, 9.17) is 21.3 Å². The summed E-state index contributed by atoms with van der Waals surface area (Å²) in [7, 11) is 0. The minimum atomic E-state index is -0.0474. The quantitative estimate of drug-likeness (QED) is 0.379. The third-order valence-electron chi connectivity index (χ3n) is 5.65. The van der Waals surface area contributed by atoms with E-state index in [-0.39, 0.29) is 12.2 Å². The van der Waals surface area contributed by atoms with Crippen LogP contribution in [0.4, 0.5) is 17.3 Å². The lowest BCUT2D eigenvalue weighted by Gasteiger charge is -2.29. The van der Waals surface area contributed by atoms with E-state index in [9.17, 15) is 4.79 Å². The molecule has 1 aliphatic heterocycles. The molecule has 1 saturated heterocycles. The molecule has 3 heterocycles. The number of morpholine rings is 1. The first-order chi connectivity index (χ1) is 16.6. The van der Waals surface area contributed by atoms with Crippen molar-refractivity contribution in [2.75, 3.05) is 36.5 Å². The van der Waals surface area contributed by atoms with E-state index in [1.807, 2.05) is 36.4 Å². The number of hydrogen-bond donors (Lipinski definition) is 2. The number of rotatable bonds is 7. The number of carbonyl (C=O) groups excluding carboxylic acids is 1. The number of aromatic amines is 1. The van der Waals surface area contributed by atoms with Gasteiger partial charge in [0.05, 0.1) is 24.3 Å². The van der Waals surface area contributed by atoms with Crippen molar-refractivity contribution >= 4 is 45.7 Å². The predicted octanol–water partition coefficient (Wildman–Crippen LogP) is 4.55. The Labute approximate surface area is 201 Å². The molecule has 2 N–H and O–H groups in total. The topological polar surface area (TPSA) is 96.0 Å². The molecule has 0 atom stereocenters. The van der Waals surface area contributed by atoms with Gasteiger partial charge in [-0.1, -0.05) is 42.4 Å². The summed E-state index contributed by atoms with van der Waals surface area (Å²) in [5.74, 6) is 0.353. The summed E-state index contributed by atoms with van der Waals surface area (Å²) in [5, 5.41) is 11.3. The first-order valence-corrected chi connectivity index (χ1v) is 11.3. The van der Waals surface area contributed by atoms with Gasteiger partial charge in [-0.05, 0) is 35.9 Å². The van der Waals surface area contributed by atoms with Gasteiger partial charge in [0.2, 0.25) is 5.95 Å². The summed E-state index contributed by atoms with van der Waals surface area (Å²) in [4.78, 5) is 23.5. The van der Waals surface area contributed by atoms with Crippen LogP contribution < -0.4 is 10.2 Å². The maximum absolute atomic E-state index is 11.9. The molecule has 2 aromatic heterocycles. The zero-order valence-corrected chi connectivity index (χ0v) is 19.2. The molecule has 0 aliphatic carbocycles. The second-order valence-corrected chi connectivity index (χ2v) is 8.33. The summed E-state index contributed by atoms with van der Waals surface area (Å²) >= 11 is 6.39. The number of fused-ring (bicyclic) bond motifs is 1. The van der Waals surface area contributed by atoms with Crippen molar-refractivity contribution in [3.05, 3.63) is 71.9 Å². The fourth-order valence-electron chi connectivity index (χ4n) is 3.99. The Bertz CT molecular complexity index is 1360. The van der Waals surface area contributed by atoms with E-state index in [0.717, 1.165) is 48.8 Å². The Morgan fingerprint density at radius 2 is 2.00 bits per heavy atom. The lowest BCUT2D eigenvalue weighted by Crippen LogP contribution is -2.36. The molecule has 0 radical (unpaired) electrons. The van der Waals surface area contributed by atoms with Crippen LogP contribution in [0.25, 0.3) is 22.3 Å². The van der Waals surface area contributed by atoms with Crippen LogP contribution in [0, 0.1) is 0 Å². The van der Waals surface area contributed by atoms with E-state index in [2.05, 4.69) is 44.1 Å². The molecule has 2 aromatic carbocycles. The Morgan fingerprint density at radius 3 is 2.82 bits per heavy atom. The van der Waals surface area contributed by atoms with E-state index in [1.165, 1.54) is 6.08 Å². The number of aromatic nitrogens is 4. The van der Waals surface area contributed by atoms with Crippen molar-refractivity contribution in [3.8, 4) is 11.3 Å². The van der Waals surface area contributed by atoms with Crippen LogP contribution in [0.15, 0.2) is 61.2 Å². The van der Waals surface area contributed by atoms with Gasteiger partial charge in [-0.25, -0.2) is 4.98 Å². The van der Waals surface area contributed by atoms with Crippen LogP contribution in [-0.2, 0) is 16.0 Å². The lowest BCUT2D eigenvalue weighted by atomic mass is 10.0. The highest BCUT2D eigenvalue weighted by molar-refractivity contribution is 6.35. The molecular formula is C25H23ClN6O2. The Morgan fingerprint density at radius 1 is 1.18 bits per heavy atom. The highest BCUT2D eigenvalue weighted by atomic mass is 35.5. The van der Waals surface area contributed by atoms with E-state index < -0.39 is 0 Å². The lowest BCUT2D eigenvalue weighted by molar-refractivity contribution is -0.114. The Hall–Kier alpha value is -3.75. The Kier molecular flexibility index (Phi) is 6.24. The van der Waals surface area contributed by atoms with Crippen LogP contribution in [0.5, 0.6) is 0 Å². The average molecular weight is 475 g/mol. The molecule has 0 saturated carbocycles. The molecule has 172 valence electrons. The number of ketones is 1. The molecule has 1 fully saturated rings. The summed E-state index contributed by atoms with van der Waals surface area (Å²) in [5.41, 5.74) is 4.73. The van der Waals surface area contributed by atoms with E-state index in [1.54, 1.807) is 0 Å². The first kappa shape index (κ1) is 22.1. The molecule has 0 amide bonds. The van der Waals surface area contributed by atoms with Crippen molar-refractivity contribution in [3.63, 3.8) is 0 Å². The second kappa shape index (κ2) is 9.62. The number of allylic oxidation sites excluding steroid dienone is 1. The van der Waals surface area contributed by atoms with Gasteiger partial charge in [0.25, 0.3) is 0 Å². The molecule has 0 spiro atoms. The van der Waals surface area contributed by atoms with Gasteiger partial charge in [0.1, 0.15) is 5.15 Å². The third kappa shape index (κ3) is 4.64. The van der Waals surface area contributed by atoms with Crippen molar-refractivity contribution in [2.24, 2.45) is 0 Å². The number of halogens is 1. The standard InChI is InChI=1S/C25H23ClN6O2/c1-2-20(33)14-16-5-3-6-17(13-16)22-21-23(26)30-31-24(21)29-25(28-22)27-18-7-4-8-19(15-18)32-9-11-34-12-10-32/h2-8,13,15H,1,9-12,14H2,(H2,27,28,29,30,31). The van der Waals surface area contributed by atoms with Crippen molar-refractivity contribution in [1.29, 1.82) is 0 Å². The highest BCUT2D eigenvalue weighted by Gasteiger charge is 2.17. The average Bonchev–Trinajstić information content (AvgIpc) is 3.25. The SMILES string of the molecule is C=CC(=O)Cc1cccc(-c2nc(Nc3cccc(N4CCOCC4)c3)nc3n[nH]c(Cl)c23)c1. The highest BCUT2D eigenvalue weighted by Crippen LogP contribution is 2.32. The number of carbonyl (C=O) groups is 1. The van der Waals surface area contributed by atoms with Crippen LogP contribution in [0.1, 0.15) is 5.56 Å². The predicted molar refractivity (Wildman–Crippen MR) is 134 cm³/mol. The van der Waals surface area contributed by atoms with Gasteiger partial charge >= 0.3 is 0 Å². The summed E-state index contributed by atoms with van der Waals surface area (Å²) in [6.07, 6.45) is 1.60. The van der Waals surface area contributed by atoms with Crippen molar-refractivity contribution < 1.29 is 9.53 Å². The maximum atomic E-state index is 11.9. The molecule has 8 nitrogen and oxygen atoms in total. The molecule has 0 unspecified atom stereocenters. The fourth-order valence-corrected chi connectivity index (χ4v) is 4.20. The largest absolute Gasteiger partial charge is 0.378 e. The molecular weight excluding hydrogens is 452 g/mol. The smallest absolute Gasteiger partial charge is 0.229 e. The van der Waals surface area contributed by atoms with Gasteiger partial charge in [0.15, 0.2) is 11.4 Å². The summed E-state index contributed by atoms with van der Waals surface area (Å²) in [6.45, 7) is 6.70. The molecule has 34 heavy (non-hydrogen) atoms. The number of H-pyrrole nitrogens is 1. The summed E-state index contributed by atoms with van der Waals surface area (Å²) in [6, 6.07) is 15.8. The minimum absolute atomic E-state index is 0.0474. The van der Waals surface area contributed by atoms with Crippen LogP contribution in [0.3, 0.4) is 0 Å². The first-order valence-electron chi connectivity index (χ1n) is 11.0. The minimum Gasteiger partial charge on any atom is -0.378 e. The van der Waals surface area contributed by atoms with E-state index in [0.29, 0.717) is 27.8 Å². The van der Waals surface area contributed by atoms with Crippen LogP contribution in [-0.4, -0.2) is 52.3 Å². The zero-order valence-electron chi connectivity index (χ0n) is 18.4. The monoisotopic (exact) mass is 474 g/mol. The molecule has 0 bridgehead atoms. The van der Waals surface area contributed by atoms with Gasteiger partial charge < -0.3 is 15.0 Å². The second-order valence-electron chi connectivity index (χ2n) is 7.95. The van der Waals surface area contributed by atoms with Crippen molar-refractivity contribution in [1.82, 2.24) is 20.2 Å². The van der Waals surface area contributed by atoms with Crippen molar-refractivity contribution in [2.45, 2.75) is 6.42 Å². The normalized spacial score (nSPS) is 13.7. The Balaban J connectivity index is 1.50. The van der Waals surface area contributed by atoms with Gasteiger partial charge in [-0.2, -0.15) is 10.1 Å². The van der Waals surface area contributed by atoms with Gasteiger partial charge in [-0.3, -0.25) is 9.89 Å². The number of nitrogens with one attached hydrogen (secondary N) is 2. The number of hydrogen-bond acceptors (Lipinski definition) is 7. The molecule has 5 rings (SSSR count). The summed E-state index contributed by atoms with van der Waals surface area (Å²) < 4.78 is 5.46. The van der Waals surface area contributed by atoms with Gasteiger partial charge in [0, 0.05) is 36.4 Å². The maximum Gasteiger partial charge on any atom is 0.229 e. The van der Waals surface area contributed by atoms with Crippen LogP contribution >= 0.6 is 11.6 Å². The fraction of sp³-hybridized carbons (Fsp3) is 0.200. The molecule has 1 aliphatic rings. The number of nitrogens with zero attached hydrogens (tertiary/aromatic N) is 4. The van der Waals surface area contributed by atoms with E-state index >= 15 is 0 Å². The molecule has 9 heteroatoms. The number of benzene rings is 2. The number of ether oxygens (including phenoxy) is 1.